The van der Waals surface area contributed by atoms with Gasteiger partial charge in [-0.25, -0.2) is 0 Å². The SMILES string of the molecule is COC(=O)CCCCCCCCCCC(C)C(C)CC(=O)OC. The molecule has 4 nitrogen and oxygen atoms in total. The molecule has 0 aromatic heterocycles. The van der Waals surface area contributed by atoms with Gasteiger partial charge in [0.05, 0.1) is 14.2 Å². The van der Waals surface area contributed by atoms with Gasteiger partial charge in [0.1, 0.15) is 0 Å². The molecule has 4 heteroatoms. The molecule has 0 aromatic carbocycles. The Balaban J connectivity index is 3.38. The normalized spacial score (nSPS) is 13.4. The fourth-order valence-corrected chi connectivity index (χ4v) is 2.73. The quantitative estimate of drug-likeness (QED) is 0.336. The van der Waals surface area contributed by atoms with Gasteiger partial charge in [-0.15, -0.1) is 0 Å². The Bertz CT molecular complexity index is 314. The van der Waals surface area contributed by atoms with E-state index in [-0.39, 0.29) is 11.9 Å². The minimum atomic E-state index is -0.100. The Morgan fingerprint density at radius 2 is 1.17 bits per heavy atom. The number of carbonyl (C=O) groups is 2. The van der Waals surface area contributed by atoms with Crippen molar-refractivity contribution in [2.75, 3.05) is 14.2 Å². The molecule has 0 aromatic rings. The highest BCUT2D eigenvalue weighted by Gasteiger charge is 2.15. The molecule has 0 saturated heterocycles. The summed E-state index contributed by atoms with van der Waals surface area (Å²) in [6.45, 7) is 4.37. The predicted molar refractivity (Wildman–Crippen MR) is 93.1 cm³/mol. The molecule has 0 aliphatic carbocycles. The molecular formula is C19H36O4. The zero-order valence-electron chi connectivity index (χ0n) is 15.6. The molecule has 2 atom stereocenters. The topological polar surface area (TPSA) is 52.6 Å². The molecule has 0 bridgehead atoms. The smallest absolute Gasteiger partial charge is 0.305 e. The largest absolute Gasteiger partial charge is 0.469 e. The third-order valence-corrected chi connectivity index (χ3v) is 4.71. The van der Waals surface area contributed by atoms with E-state index in [1.54, 1.807) is 0 Å². The standard InChI is InChI=1S/C19H36O4/c1-16(17(2)15-19(21)23-4)13-11-9-7-5-6-8-10-12-14-18(20)22-3/h16-17H,5-15H2,1-4H3. The fourth-order valence-electron chi connectivity index (χ4n) is 2.73. The van der Waals surface area contributed by atoms with Gasteiger partial charge in [0.15, 0.2) is 0 Å². The lowest BCUT2D eigenvalue weighted by atomic mass is 9.88. The molecule has 0 aliphatic heterocycles. The highest BCUT2D eigenvalue weighted by atomic mass is 16.5. The summed E-state index contributed by atoms with van der Waals surface area (Å²) >= 11 is 0. The second kappa shape index (κ2) is 14.5. The molecule has 0 N–H and O–H groups in total. The Morgan fingerprint density at radius 3 is 1.70 bits per heavy atom. The molecule has 0 saturated carbocycles. The maximum atomic E-state index is 11.3. The number of esters is 2. The average molecular weight is 328 g/mol. The number of ether oxygens (including phenoxy) is 2. The molecule has 0 radical (unpaired) electrons. The van der Waals surface area contributed by atoms with Crippen LogP contribution in [0.15, 0.2) is 0 Å². The summed E-state index contributed by atoms with van der Waals surface area (Å²) in [4.78, 5) is 22.2. The minimum Gasteiger partial charge on any atom is -0.469 e. The van der Waals surface area contributed by atoms with Crippen LogP contribution in [-0.4, -0.2) is 26.2 Å². The number of carbonyl (C=O) groups excluding carboxylic acids is 2. The van der Waals surface area contributed by atoms with Gasteiger partial charge < -0.3 is 9.47 Å². The zero-order chi connectivity index (χ0) is 17.5. The fraction of sp³-hybridized carbons (Fsp3) is 0.895. The number of methoxy groups -OCH3 is 2. The third kappa shape index (κ3) is 13.1. The maximum Gasteiger partial charge on any atom is 0.305 e. The highest BCUT2D eigenvalue weighted by Crippen LogP contribution is 2.22. The summed E-state index contributed by atoms with van der Waals surface area (Å²) < 4.78 is 9.34. The van der Waals surface area contributed by atoms with Gasteiger partial charge in [0.25, 0.3) is 0 Å². The van der Waals surface area contributed by atoms with Crippen molar-refractivity contribution in [1.29, 1.82) is 0 Å². The van der Waals surface area contributed by atoms with E-state index in [1.165, 1.54) is 59.2 Å². The summed E-state index contributed by atoms with van der Waals surface area (Å²) in [7, 11) is 2.90. The van der Waals surface area contributed by atoms with Crippen molar-refractivity contribution in [3.05, 3.63) is 0 Å². The van der Waals surface area contributed by atoms with E-state index in [0.717, 1.165) is 12.8 Å². The Kier molecular flexibility index (Phi) is 13.9. The van der Waals surface area contributed by atoms with Crippen molar-refractivity contribution >= 4 is 11.9 Å². The van der Waals surface area contributed by atoms with Crippen molar-refractivity contribution in [1.82, 2.24) is 0 Å². The van der Waals surface area contributed by atoms with Crippen LogP contribution in [0.2, 0.25) is 0 Å². The molecule has 0 rings (SSSR count). The van der Waals surface area contributed by atoms with Gasteiger partial charge in [-0.2, -0.15) is 0 Å². The summed E-state index contributed by atoms with van der Waals surface area (Å²) in [5.74, 6) is 0.779. The molecule has 0 fully saturated rings. The lowest BCUT2D eigenvalue weighted by molar-refractivity contribution is -0.142. The van der Waals surface area contributed by atoms with Crippen molar-refractivity contribution < 1.29 is 19.1 Å². The third-order valence-electron chi connectivity index (χ3n) is 4.71. The first-order valence-electron chi connectivity index (χ1n) is 9.14. The molecule has 136 valence electrons. The van der Waals surface area contributed by atoms with Crippen LogP contribution in [0, 0.1) is 11.8 Å². The first-order valence-corrected chi connectivity index (χ1v) is 9.14. The number of rotatable bonds is 14. The lowest BCUT2D eigenvalue weighted by Gasteiger charge is -2.18. The molecule has 0 heterocycles. The molecule has 0 aliphatic rings. The van der Waals surface area contributed by atoms with Crippen LogP contribution >= 0.6 is 0 Å². The second-order valence-electron chi connectivity index (χ2n) is 6.68. The Morgan fingerprint density at radius 1 is 0.696 bits per heavy atom. The molecule has 0 amide bonds. The van der Waals surface area contributed by atoms with E-state index in [9.17, 15) is 9.59 Å². The van der Waals surface area contributed by atoms with Crippen LogP contribution in [0.25, 0.3) is 0 Å². The van der Waals surface area contributed by atoms with Crippen molar-refractivity contribution in [2.45, 2.75) is 84.5 Å². The first kappa shape index (κ1) is 21.9. The Labute approximate surface area is 142 Å². The van der Waals surface area contributed by atoms with Gasteiger partial charge >= 0.3 is 11.9 Å². The summed E-state index contributed by atoms with van der Waals surface area (Å²) in [5, 5.41) is 0. The van der Waals surface area contributed by atoms with Gasteiger partial charge in [-0.1, -0.05) is 65.2 Å². The van der Waals surface area contributed by atoms with Crippen LogP contribution < -0.4 is 0 Å². The van der Waals surface area contributed by atoms with Crippen LogP contribution in [0.1, 0.15) is 84.5 Å². The van der Waals surface area contributed by atoms with Crippen molar-refractivity contribution in [3.8, 4) is 0 Å². The van der Waals surface area contributed by atoms with Crippen LogP contribution in [0.3, 0.4) is 0 Å². The van der Waals surface area contributed by atoms with Crippen molar-refractivity contribution in [2.24, 2.45) is 11.8 Å². The van der Waals surface area contributed by atoms with Crippen LogP contribution in [-0.2, 0) is 19.1 Å². The van der Waals surface area contributed by atoms with Crippen LogP contribution in [0.4, 0.5) is 0 Å². The monoisotopic (exact) mass is 328 g/mol. The van der Waals surface area contributed by atoms with Gasteiger partial charge in [-0.3, -0.25) is 9.59 Å². The average Bonchev–Trinajstić information content (AvgIpc) is 2.55. The minimum absolute atomic E-state index is 0.0967. The van der Waals surface area contributed by atoms with E-state index < -0.39 is 0 Å². The first-order chi connectivity index (χ1) is 11.0. The summed E-state index contributed by atoms with van der Waals surface area (Å²) in [5.41, 5.74) is 0. The lowest BCUT2D eigenvalue weighted by Crippen LogP contribution is -2.14. The second-order valence-corrected chi connectivity index (χ2v) is 6.68. The summed E-state index contributed by atoms with van der Waals surface area (Å²) in [6, 6.07) is 0. The molecule has 0 spiro atoms. The van der Waals surface area contributed by atoms with Crippen molar-refractivity contribution in [3.63, 3.8) is 0 Å². The van der Waals surface area contributed by atoms with Gasteiger partial charge in [-0.05, 0) is 18.3 Å². The number of unbranched alkanes of at least 4 members (excludes halogenated alkanes) is 7. The van der Waals surface area contributed by atoms with Gasteiger partial charge in [0, 0.05) is 12.8 Å². The van der Waals surface area contributed by atoms with Gasteiger partial charge in [0.2, 0.25) is 0 Å². The molecule has 2 unspecified atom stereocenters. The predicted octanol–water partition coefficient (Wildman–Crippen LogP) is 4.90. The maximum absolute atomic E-state index is 11.3. The molecular weight excluding hydrogens is 292 g/mol. The zero-order valence-corrected chi connectivity index (χ0v) is 15.6. The highest BCUT2D eigenvalue weighted by molar-refractivity contribution is 5.69. The Hall–Kier alpha value is -1.06. The number of hydrogen-bond donors (Lipinski definition) is 0. The van der Waals surface area contributed by atoms with E-state index in [0.29, 0.717) is 24.7 Å². The van der Waals surface area contributed by atoms with E-state index in [4.69, 9.17) is 4.74 Å². The summed E-state index contributed by atoms with van der Waals surface area (Å²) in [6.07, 6.45) is 11.9. The van der Waals surface area contributed by atoms with E-state index in [1.807, 2.05) is 0 Å². The van der Waals surface area contributed by atoms with Crippen LogP contribution in [0.5, 0.6) is 0 Å². The number of hydrogen-bond acceptors (Lipinski definition) is 4. The molecule has 23 heavy (non-hydrogen) atoms. The van der Waals surface area contributed by atoms with E-state index >= 15 is 0 Å². The van der Waals surface area contributed by atoms with E-state index in [2.05, 4.69) is 18.6 Å².